The standard InChI is InChI=1S/C23H23F3N4O4S/c1-15-5-3-6-18(28-15)21(32)29-22-30(12-4-11-27-20(31)13-33-2)19(14-35-22)16-7-9-17(10-8-16)34-23(24,25)26/h3,5-10,14H,4,11-13H2,1-2H3,(H,27,31). The first kappa shape index (κ1) is 26.1. The number of hydrogen-bond donors (Lipinski definition) is 1. The van der Waals surface area contributed by atoms with Gasteiger partial charge in [0.05, 0.1) is 5.69 Å². The summed E-state index contributed by atoms with van der Waals surface area (Å²) in [6.45, 7) is 2.46. The number of thiazole rings is 1. The number of nitrogens with zero attached hydrogens (tertiary/aromatic N) is 3. The lowest BCUT2D eigenvalue weighted by Crippen LogP contribution is -2.29. The number of benzene rings is 1. The molecule has 1 N–H and O–H groups in total. The highest BCUT2D eigenvalue weighted by molar-refractivity contribution is 7.07. The molecule has 2 heterocycles. The minimum absolute atomic E-state index is 0.0538. The highest BCUT2D eigenvalue weighted by atomic mass is 32.1. The van der Waals surface area contributed by atoms with Crippen molar-refractivity contribution in [2.75, 3.05) is 20.3 Å². The third-order valence-electron chi connectivity index (χ3n) is 4.64. The Bertz CT molecular complexity index is 1240. The van der Waals surface area contributed by atoms with Gasteiger partial charge in [0.2, 0.25) is 5.91 Å². The minimum Gasteiger partial charge on any atom is -0.406 e. The van der Waals surface area contributed by atoms with Crippen LogP contribution in [0.4, 0.5) is 13.2 Å². The van der Waals surface area contributed by atoms with Gasteiger partial charge in [0.25, 0.3) is 5.91 Å². The summed E-state index contributed by atoms with van der Waals surface area (Å²) in [6, 6.07) is 10.5. The van der Waals surface area contributed by atoms with E-state index >= 15 is 0 Å². The SMILES string of the molecule is COCC(=O)NCCCn1c(-c2ccc(OC(F)(F)F)cc2)csc1=NC(=O)c1cccc(C)n1. The quantitative estimate of drug-likeness (QED) is 0.445. The largest absolute Gasteiger partial charge is 0.573 e. The minimum atomic E-state index is -4.78. The van der Waals surface area contributed by atoms with Gasteiger partial charge in [0.1, 0.15) is 18.1 Å². The van der Waals surface area contributed by atoms with E-state index in [0.29, 0.717) is 41.3 Å². The molecule has 0 unspecified atom stereocenters. The van der Waals surface area contributed by atoms with Crippen LogP contribution in [0.5, 0.6) is 5.75 Å². The van der Waals surface area contributed by atoms with Gasteiger partial charge in [0, 0.05) is 31.3 Å². The Morgan fingerprint density at radius 1 is 1.17 bits per heavy atom. The molecule has 0 fully saturated rings. The first-order valence-corrected chi connectivity index (χ1v) is 11.4. The lowest BCUT2D eigenvalue weighted by molar-refractivity contribution is -0.274. The van der Waals surface area contributed by atoms with Crippen molar-refractivity contribution in [3.05, 3.63) is 64.0 Å². The molecule has 186 valence electrons. The maximum atomic E-state index is 12.7. The third kappa shape index (κ3) is 7.76. The molecule has 0 bridgehead atoms. The summed E-state index contributed by atoms with van der Waals surface area (Å²) >= 11 is 1.21. The van der Waals surface area contributed by atoms with Crippen molar-refractivity contribution < 1.29 is 32.2 Å². The Labute approximate surface area is 203 Å². The van der Waals surface area contributed by atoms with Crippen molar-refractivity contribution in [2.45, 2.75) is 26.3 Å². The maximum Gasteiger partial charge on any atom is 0.573 e. The van der Waals surface area contributed by atoms with Gasteiger partial charge in [-0.05, 0) is 55.3 Å². The molecule has 2 aromatic heterocycles. The van der Waals surface area contributed by atoms with Crippen molar-refractivity contribution in [1.29, 1.82) is 0 Å². The Balaban J connectivity index is 1.89. The second kappa shape index (κ2) is 11.8. The van der Waals surface area contributed by atoms with Gasteiger partial charge in [-0.1, -0.05) is 6.07 Å². The number of ether oxygens (including phenoxy) is 2. The van der Waals surface area contributed by atoms with Crippen LogP contribution in [-0.2, 0) is 16.1 Å². The summed E-state index contributed by atoms with van der Waals surface area (Å²) < 4.78 is 48.0. The highest BCUT2D eigenvalue weighted by Gasteiger charge is 2.31. The van der Waals surface area contributed by atoms with Crippen molar-refractivity contribution >= 4 is 23.2 Å². The van der Waals surface area contributed by atoms with E-state index in [2.05, 4.69) is 20.0 Å². The molecule has 0 radical (unpaired) electrons. The number of rotatable bonds is 9. The van der Waals surface area contributed by atoms with Crippen LogP contribution in [0.1, 0.15) is 22.6 Å². The average molecular weight is 509 g/mol. The molecule has 0 spiro atoms. The number of aromatic nitrogens is 2. The van der Waals surface area contributed by atoms with E-state index in [1.807, 2.05) is 0 Å². The molecule has 8 nitrogen and oxygen atoms in total. The van der Waals surface area contributed by atoms with E-state index in [-0.39, 0.29) is 24.0 Å². The number of carbonyl (C=O) groups excluding carboxylic acids is 2. The van der Waals surface area contributed by atoms with Crippen LogP contribution in [0.15, 0.2) is 52.8 Å². The molecule has 3 rings (SSSR count). The summed E-state index contributed by atoms with van der Waals surface area (Å²) in [5, 5.41) is 4.49. The van der Waals surface area contributed by atoms with Gasteiger partial charge in [-0.2, -0.15) is 4.99 Å². The molecule has 0 aliphatic rings. The Morgan fingerprint density at radius 3 is 2.57 bits per heavy atom. The third-order valence-corrected chi connectivity index (χ3v) is 5.51. The van der Waals surface area contributed by atoms with Crippen LogP contribution in [0, 0.1) is 6.92 Å². The fourth-order valence-corrected chi connectivity index (χ4v) is 4.08. The summed E-state index contributed by atoms with van der Waals surface area (Å²) in [5.41, 5.74) is 2.15. The molecule has 3 aromatic rings. The molecule has 12 heteroatoms. The predicted octanol–water partition coefficient (Wildman–Crippen LogP) is 3.71. The average Bonchev–Trinajstić information content (AvgIpc) is 3.18. The van der Waals surface area contributed by atoms with Crippen molar-refractivity contribution in [1.82, 2.24) is 14.9 Å². The zero-order valence-electron chi connectivity index (χ0n) is 19.0. The fraction of sp³-hybridized carbons (Fsp3) is 0.304. The van der Waals surface area contributed by atoms with Crippen LogP contribution >= 0.6 is 11.3 Å². The molecular weight excluding hydrogens is 485 g/mol. The summed E-state index contributed by atoms with van der Waals surface area (Å²) in [6.07, 6.45) is -4.27. The van der Waals surface area contributed by atoms with Crippen LogP contribution in [0.25, 0.3) is 11.3 Å². The fourth-order valence-electron chi connectivity index (χ4n) is 3.15. The topological polar surface area (TPSA) is 94.8 Å². The van der Waals surface area contributed by atoms with Crippen molar-refractivity contribution in [3.63, 3.8) is 0 Å². The molecule has 0 aliphatic carbocycles. The lowest BCUT2D eigenvalue weighted by Gasteiger charge is -2.12. The molecule has 0 saturated heterocycles. The second-order valence-electron chi connectivity index (χ2n) is 7.35. The zero-order chi connectivity index (χ0) is 25.4. The lowest BCUT2D eigenvalue weighted by atomic mass is 10.1. The second-order valence-corrected chi connectivity index (χ2v) is 8.18. The van der Waals surface area contributed by atoms with E-state index < -0.39 is 12.3 Å². The number of halogens is 3. The Hall–Kier alpha value is -3.51. The smallest absolute Gasteiger partial charge is 0.406 e. The molecule has 35 heavy (non-hydrogen) atoms. The number of amides is 2. The van der Waals surface area contributed by atoms with Crippen molar-refractivity contribution in [3.8, 4) is 17.0 Å². The number of alkyl halides is 3. The number of carbonyl (C=O) groups is 2. The van der Waals surface area contributed by atoms with Gasteiger partial charge in [0.15, 0.2) is 4.80 Å². The molecular formula is C23H23F3N4O4S. The zero-order valence-corrected chi connectivity index (χ0v) is 19.8. The van der Waals surface area contributed by atoms with E-state index in [1.54, 1.807) is 35.1 Å². The van der Waals surface area contributed by atoms with E-state index in [1.165, 1.54) is 42.7 Å². The number of pyridine rings is 1. The summed E-state index contributed by atoms with van der Waals surface area (Å²) in [7, 11) is 1.42. The van der Waals surface area contributed by atoms with Gasteiger partial charge in [-0.15, -0.1) is 24.5 Å². The van der Waals surface area contributed by atoms with E-state index in [9.17, 15) is 22.8 Å². The van der Waals surface area contributed by atoms with Crippen LogP contribution in [0.2, 0.25) is 0 Å². The van der Waals surface area contributed by atoms with Gasteiger partial charge >= 0.3 is 6.36 Å². The first-order chi connectivity index (χ1) is 16.7. The van der Waals surface area contributed by atoms with E-state index in [4.69, 9.17) is 4.74 Å². The molecule has 0 saturated carbocycles. The molecule has 0 atom stereocenters. The van der Waals surface area contributed by atoms with Crippen LogP contribution in [0.3, 0.4) is 0 Å². The highest BCUT2D eigenvalue weighted by Crippen LogP contribution is 2.27. The number of nitrogens with one attached hydrogen (secondary N) is 1. The number of aryl methyl sites for hydroxylation is 1. The van der Waals surface area contributed by atoms with Crippen LogP contribution in [-0.4, -0.2) is 48.0 Å². The molecule has 1 aromatic carbocycles. The van der Waals surface area contributed by atoms with Crippen molar-refractivity contribution in [2.24, 2.45) is 4.99 Å². The Kier molecular flexibility index (Phi) is 8.77. The summed E-state index contributed by atoms with van der Waals surface area (Å²) in [4.78, 5) is 33.1. The molecule has 0 aliphatic heterocycles. The van der Waals surface area contributed by atoms with Crippen LogP contribution < -0.4 is 14.9 Å². The Morgan fingerprint density at radius 2 is 1.91 bits per heavy atom. The summed E-state index contributed by atoms with van der Waals surface area (Å²) in [5.74, 6) is -1.11. The number of methoxy groups -OCH3 is 1. The number of hydrogen-bond acceptors (Lipinski definition) is 6. The van der Waals surface area contributed by atoms with Gasteiger partial charge < -0.3 is 19.4 Å². The predicted molar refractivity (Wildman–Crippen MR) is 123 cm³/mol. The monoisotopic (exact) mass is 508 g/mol. The van der Waals surface area contributed by atoms with E-state index in [0.717, 1.165) is 0 Å². The maximum absolute atomic E-state index is 12.7. The first-order valence-electron chi connectivity index (χ1n) is 10.5. The van der Waals surface area contributed by atoms with Gasteiger partial charge in [-0.3, -0.25) is 9.59 Å². The molecule has 2 amide bonds. The van der Waals surface area contributed by atoms with Gasteiger partial charge in [-0.25, -0.2) is 4.98 Å². The normalized spacial score (nSPS) is 12.0.